The number of nitrogens with one attached hydrogen (secondary N) is 1. The summed E-state index contributed by atoms with van der Waals surface area (Å²) in [6.07, 6.45) is 5.86. The second-order valence-corrected chi connectivity index (χ2v) is 5.62. The maximum atomic E-state index is 14.3. The Hall–Kier alpha value is -1.13. The molecule has 0 bridgehead atoms. The van der Waals surface area contributed by atoms with Gasteiger partial charge in [0.2, 0.25) is 0 Å². The molecule has 0 aliphatic heterocycles. The van der Waals surface area contributed by atoms with E-state index in [-0.39, 0.29) is 11.9 Å². The zero-order valence-electron chi connectivity index (χ0n) is 12.4. The summed E-state index contributed by atoms with van der Waals surface area (Å²) in [6.45, 7) is 2.20. The van der Waals surface area contributed by atoms with E-state index in [1.54, 1.807) is 19.2 Å². The van der Waals surface area contributed by atoms with Crippen molar-refractivity contribution in [3.63, 3.8) is 0 Å². The third-order valence-corrected chi connectivity index (χ3v) is 4.64. The molecule has 1 aliphatic rings. The number of rotatable bonds is 5. The monoisotopic (exact) mass is 280 g/mol. The summed E-state index contributed by atoms with van der Waals surface area (Å²) >= 11 is 0. The highest BCUT2D eigenvalue weighted by Gasteiger charge is 2.34. The Morgan fingerprint density at radius 2 is 2.15 bits per heavy atom. The van der Waals surface area contributed by atoms with Crippen molar-refractivity contribution in [1.82, 2.24) is 5.43 Å². The summed E-state index contributed by atoms with van der Waals surface area (Å²) < 4.78 is 19.6. The van der Waals surface area contributed by atoms with Crippen LogP contribution < -0.4 is 16.0 Å². The van der Waals surface area contributed by atoms with Crippen LogP contribution in [0.4, 0.5) is 4.39 Å². The first kappa shape index (κ1) is 15.3. The molecule has 1 aliphatic carbocycles. The van der Waals surface area contributed by atoms with Crippen LogP contribution in [0.1, 0.15) is 50.6 Å². The van der Waals surface area contributed by atoms with Gasteiger partial charge in [-0.05, 0) is 30.4 Å². The largest absolute Gasteiger partial charge is 0.496 e. The standard InChI is InChI=1S/C16H25FN2O/c1-3-11-7-4-5-8-12(11)16(19-18)15-13(17)9-6-10-14(15)20-2/h6,9-12,16,19H,3-5,7-8,18H2,1-2H3. The molecule has 20 heavy (non-hydrogen) atoms. The van der Waals surface area contributed by atoms with Crippen LogP contribution in [-0.4, -0.2) is 7.11 Å². The highest BCUT2D eigenvalue weighted by atomic mass is 19.1. The normalized spacial score (nSPS) is 24.4. The minimum Gasteiger partial charge on any atom is -0.496 e. The third kappa shape index (κ3) is 2.96. The van der Waals surface area contributed by atoms with Crippen LogP contribution >= 0.6 is 0 Å². The van der Waals surface area contributed by atoms with E-state index in [1.165, 1.54) is 25.3 Å². The molecule has 0 saturated heterocycles. The van der Waals surface area contributed by atoms with Gasteiger partial charge in [0.25, 0.3) is 0 Å². The summed E-state index contributed by atoms with van der Waals surface area (Å²) in [5.74, 6) is 7.06. The fraction of sp³-hybridized carbons (Fsp3) is 0.625. The predicted octanol–water partition coefficient (Wildman–Crippen LogP) is 3.56. The van der Waals surface area contributed by atoms with Crippen LogP contribution in [-0.2, 0) is 0 Å². The topological polar surface area (TPSA) is 47.3 Å². The van der Waals surface area contributed by atoms with Crippen molar-refractivity contribution in [3.05, 3.63) is 29.6 Å². The number of nitrogens with two attached hydrogens (primary N) is 1. The lowest BCUT2D eigenvalue weighted by atomic mass is 9.72. The lowest BCUT2D eigenvalue weighted by molar-refractivity contribution is 0.171. The first-order valence-electron chi connectivity index (χ1n) is 7.51. The second-order valence-electron chi connectivity index (χ2n) is 5.62. The Morgan fingerprint density at radius 3 is 2.80 bits per heavy atom. The molecule has 3 nitrogen and oxygen atoms in total. The molecule has 3 N–H and O–H groups in total. The van der Waals surface area contributed by atoms with E-state index in [4.69, 9.17) is 10.6 Å². The Labute approximate surface area is 120 Å². The van der Waals surface area contributed by atoms with Gasteiger partial charge in [0.15, 0.2) is 0 Å². The molecule has 1 saturated carbocycles. The van der Waals surface area contributed by atoms with E-state index < -0.39 is 0 Å². The van der Waals surface area contributed by atoms with Crippen LogP contribution in [0.2, 0.25) is 0 Å². The average molecular weight is 280 g/mol. The number of hydrogen-bond donors (Lipinski definition) is 2. The first-order valence-corrected chi connectivity index (χ1v) is 7.51. The number of hydrazine groups is 1. The zero-order chi connectivity index (χ0) is 14.5. The van der Waals surface area contributed by atoms with E-state index in [0.717, 1.165) is 12.8 Å². The Morgan fingerprint density at radius 1 is 1.40 bits per heavy atom. The van der Waals surface area contributed by atoms with Gasteiger partial charge >= 0.3 is 0 Å². The van der Waals surface area contributed by atoms with E-state index in [9.17, 15) is 4.39 Å². The molecule has 0 heterocycles. The van der Waals surface area contributed by atoms with E-state index in [0.29, 0.717) is 23.1 Å². The molecule has 0 spiro atoms. The Balaban J connectivity index is 2.36. The van der Waals surface area contributed by atoms with E-state index in [1.807, 2.05) is 0 Å². The molecule has 3 unspecified atom stereocenters. The van der Waals surface area contributed by atoms with Crippen LogP contribution in [0.5, 0.6) is 5.75 Å². The summed E-state index contributed by atoms with van der Waals surface area (Å²) in [5, 5.41) is 0. The maximum absolute atomic E-state index is 14.3. The van der Waals surface area contributed by atoms with Crippen molar-refractivity contribution in [2.75, 3.05) is 7.11 Å². The lowest BCUT2D eigenvalue weighted by Crippen LogP contribution is -2.38. The quantitative estimate of drug-likeness (QED) is 0.640. The summed E-state index contributed by atoms with van der Waals surface area (Å²) in [5.41, 5.74) is 3.42. The molecule has 0 radical (unpaired) electrons. The molecule has 112 valence electrons. The summed E-state index contributed by atoms with van der Waals surface area (Å²) in [4.78, 5) is 0. The zero-order valence-corrected chi connectivity index (χ0v) is 12.4. The molecule has 2 rings (SSSR count). The smallest absolute Gasteiger partial charge is 0.131 e. The molecule has 4 heteroatoms. The SMILES string of the molecule is CCC1CCCCC1C(NN)c1c(F)cccc1OC. The van der Waals surface area contributed by atoms with Crippen LogP contribution in [0.3, 0.4) is 0 Å². The maximum Gasteiger partial charge on any atom is 0.131 e. The number of methoxy groups -OCH3 is 1. The number of hydrogen-bond acceptors (Lipinski definition) is 3. The minimum atomic E-state index is -0.243. The second kappa shape index (κ2) is 7.04. The van der Waals surface area contributed by atoms with Gasteiger partial charge in [-0.2, -0.15) is 0 Å². The van der Waals surface area contributed by atoms with Crippen molar-refractivity contribution in [2.45, 2.75) is 45.1 Å². The molecule has 3 atom stereocenters. The fourth-order valence-electron chi connectivity index (χ4n) is 3.60. The van der Waals surface area contributed by atoms with Crippen LogP contribution in [0.25, 0.3) is 0 Å². The van der Waals surface area contributed by atoms with Gasteiger partial charge in [0, 0.05) is 5.56 Å². The number of ether oxygens (including phenoxy) is 1. The third-order valence-electron chi connectivity index (χ3n) is 4.64. The Bertz CT molecular complexity index is 438. The molecule has 1 fully saturated rings. The lowest BCUT2D eigenvalue weighted by Gasteiger charge is -2.37. The van der Waals surface area contributed by atoms with Crippen LogP contribution in [0, 0.1) is 17.7 Å². The molecular weight excluding hydrogens is 255 g/mol. The van der Waals surface area contributed by atoms with Gasteiger partial charge in [-0.15, -0.1) is 0 Å². The molecule has 0 aromatic heterocycles. The van der Waals surface area contributed by atoms with Crippen LogP contribution in [0.15, 0.2) is 18.2 Å². The minimum absolute atomic E-state index is 0.184. The van der Waals surface area contributed by atoms with Gasteiger partial charge in [-0.3, -0.25) is 11.3 Å². The van der Waals surface area contributed by atoms with E-state index in [2.05, 4.69) is 12.3 Å². The molecule has 1 aromatic rings. The summed E-state index contributed by atoms with van der Waals surface area (Å²) in [7, 11) is 1.57. The van der Waals surface area contributed by atoms with Crippen molar-refractivity contribution in [2.24, 2.45) is 17.7 Å². The number of halogens is 1. The van der Waals surface area contributed by atoms with Gasteiger partial charge in [0.1, 0.15) is 11.6 Å². The van der Waals surface area contributed by atoms with Gasteiger partial charge in [-0.25, -0.2) is 4.39 Å². The summed E-state index contributed by atoms with van der Waals surface area (Å²) in [6, 6.07) is 4.76. The van der Waals surface area contributed by atoms with Crippen molar-refractivity contribution in [1.29, 1.82) is 0 Å². The molecule has 1 aromatic carbocycles. The highest BCUT2D eigenvalue weighted by Crippen LogP contribution is 2.42. The number of benzene rings is 1. The molecular formula is C16H25FN2O. The van der Waals surface area contributed by atoms with Crippen molar-refractivity contribution >= 4 is 0 Å². The van der Waals surface area contributed by atoms with Gasteiger partial charge in [0.05, 0.1) is 13.2 Å². The van der Waals surface area contributed by atoms with Gasteiger partial charge < -0.3 is 4.74 Å². The molecule has 0 amide bonds. The predicted molar refractivity (Wildman–Crippen MR) is 78.8 cm³/mol. The first-order chi connectivity index (χ1) is 9.72. The van der Waals surface area contributed by atoms with Crippen molar-refractivity contribution in [3.8, 4) is 5.75 Å². The highest BCUT2D eigenvalue weighted by molar-refractivity contribution is 5.37. The van der Waals surface area contributed by atoms with Gasteiger partial charge in [-0.1, -0.05) is 38.7 Å². The average Bonchev–Trinajstić information content (AvgIpc) is 2.50. The van der Waals surface area contributed by atoms with E-state index >= 15 is 0 Å². The fourth-order valence-corrected chi connectivity index (χ4v) is 3.60. The Kier molecular flexibility index (Phi) is 5.38. The van der Waals surface area contributed by atoms with Crippen molar-refractivity contribution < 1.29 is 9.13 Å².